The summed E-state index contributed by atoms with van der Waals surface area (Å²) in [6.45, 7) is 1.96. The first-order valence-corrected chi connectivity index (χ1v) is 6.90. The highest BCUT2D eigenvalue weighted by Gasteiger charge is 2.19. The van der Waals surface area contributed by atoms with E-state index in [0.717, 1.165) is 27.9 Å². The average Bonchev–Trinajstić information content (AvgIpc) is 2.90. The van der Waals surface area contributed by atoms with Gasteiger partial charge in [0, 0.05) is 40.0 Å². The molecule has 1 aliphatic carbocycles. The molecule has 4 rings (SSSR count). The maximum atomic E-state index is 11.6. The van der Waals surface area contributed by atoms with Crippen LogP contribution >= 0.6 is 0 Å². The Morgan fingerprint density at radius 1 is 1.18 bits per heavy atom. The number of hydrogen-bond donors (Lipinski definition) is 2. The minimum absolute atomic E-state index is 0.0933. The highest BCUT2D eigenvalue weighted by atomic mass is 16.3. The number of aromatic nitrogens is 2. The Balaban J connectivity index is 2.24. The summed E-state index contributed by atoms with van der Waals surface area (Å²) in [7, 11) is 0. The number of nitrogens with zero attached hydrogens (tertiary/aromatic N) is 1. The minimum Gasteiger partial charge on any atom is -0.456 e. The summed E-state index contributed by atoms with van der Waals surface area (Å²) in [6.07, 6.45) is 1.66. The molecule has 0 radical (unpaired) electrons. The summed E-state index contributed by atoms with van der Waals surface area (Å²) < 4.78 is 5.87. The highest BCUT2D eigenvalue weighted by molar-refractivity contribution is 6.02. The number of fused-ring (bicyclic) bond motifs is 2. The van der Waals surface area contributed by atoms with Gasteiger partial charge in [0.1, 0.15) is 11.3 Å². The van der Waals surface area contributed by atoms with Crippen LogP contribution in [0.5, 0.6) is 0 Å². The van der Waals surface area contributed by atoms with E-state index < -0.39 is 0 Å². The number of aromatic amines is 1. The molecule has 0 saturated heterocycles. The van der Waals surface area contributed by atoms with Crippen LogP contribution in [-0.4, -0.2) is 9.97 Å². The molecular weight excluding hydrogens is 278 g/mol. The van der Waals surface area contributed by atoms with E-state index in [0.29, 0.717) is 17.0 Å². The van der Waals surface area contributed by atoms with E-state index in [9.17, 15) is 4.79 Å². The molecule has 0 amide bonds. The number of rotatable bonds is 1. The Bertz CT molecular complexity index is 1030. The van der Waals surface area contributed by atoms with Crippen LogP contribution < -0.4 is 11.2 Å². The van der Waals surface area contributed by atoms with Crippen molar-refractivity contribution >= 4 is 16.7 Å². The van der Waals surface area contributed by atoms with Crippen LogP contribution in [0.4, 0.5) is 5.69 Å². The maximum absolute atomic E-state index is 11.6. The predicted octanol–water partition coefficient (Wildman–Crippen LogP) is 3.18. The number of aryl methyl sites for hydroxylation is 1. The third kappa shape index (κ3) is 1.79. The van der Waals surface area contributed by atoms with E-state index in [1.807, 2.05) is 19.1 Å². The molecule has 0 bridgehead atoms. The molecule has 1 aliphatic heterocycles. The van der Waals surface area contributed by atoms with Crippen molar-refractivity contribution in [3.05, 3.63) is 58.6 Å². The fourth-order valence-corrected chi connectivity index (χ4v) is 2.75. The fraction of sp³-hybridized carbons (Fsp3) is 0.0588. The van der Waals surface area contributed by atoms with Crippen molar-refractivity contribution in [1.82, 2.24) is 9.97 Å². The molecule has 1 aromatic heterocycles. The van der Waals surface area contributed by atoms with Gasteiger partial charge in [-0.15, -0.1) is 0 Å². The Morgan fingerprint density at radius 3 is 2.82 bits per heavy atom. The number of nitrogen functional groups attached to an aromatic ring is 1. The summed E-state index contributed by atoms with van der Waals surface area (Å²) in [5.74, 6) is 0.531. The topological polar surface area (TPSA) is 84.9 Å². The van der Waals surface area contributed by atoms with Gasteiger partial charge in [-0.1, -0.05) is 0 Å². The number of hydrogen-bond acceptors (Lipinski definition) is 4. The Kier molecular flexibility index (Phi) is 2.56. The monoisotopic (exact) mass is 291 g/mol. The summed E-state index contributed by atoms with van der Waals surface area (Å²) in [4.78, 5) is 19.2. The van der Waals surface area contributed by atoms with Crippen molar-refractivity contribution < 1.29 is 4.42 Å². The first-order chi connectivity index (χ1) is 10.6. The van der Waals surface area contributed by atoms with Crippen LogP contribution in [0.25, 0.3) is 33.6 Å². The van der Waals surface area contributed by atoms with Gasteiger partial charge in [0.05, 0.1) is 12.0 Å². The van der Waals surface area contributed by atoms with Gasteiger partial charge in [-0.3, -0.25) is 4.79 Å². The molecule has 3 N–H and O–H groups in total. The lowest BCUT2D eigenvalue weighted by atomic mass is 9.96. The number of nitrogens with one attached hydrogen (secondary N) is 1. The SMILES string of the molecule is Cc1[nH]cnc1-c1c2ccc(=O)cc-2oc2cc(N)ccc12. The van der Waals surface area contributed by atoms with Crippen molar-refractivity contribution in [2.24, 2.45) is 0 Å². The molecule has 0 fully saturated rings. The van der Waals surface area contributed by atoms with Gasteiger partial charge in [-0.05, 0) is 31.2 Å². The van der Waals surface area contributed by atoms with Gasteiger partial charge in [0.2, 0.25) is 0 Å². The molecule has 2 heterocycles. The Morgan fingerprint density at radius 2 is 2.05 bits per heavy atom. The molecular formula is C17H13N3O2. The normalized spacial score (nSPS) is 11.3. The lowest BCUT2D eigenvalue weighted by Crippen LogP contribution is -2.00. The molecule has 2 aliphatic rings. The van der Waals surface area contributed by atoms with Crippen molar-refractivity contribution in [1.29, 1.82) is 0 Å². The second-order valence-corrected chi connectivity index (χ2v) is 5.27. The van der Waals surface area contributed by atoms with Crippen LogP contribution in [0.1, 0.15) is 5.69 Å². The molecule has 0 unspecified atom stereocenters. The van der Waals surface area contributed by atoms with Crippen molar-refractivity contribution in [3.8, 4) is 22.6 Å². The predicted molar refractivity (Wildman–Crippen MR) is 85.8 cm³/mol. The average molecular weight is 291 g/mol. The molecule has 2 aromatic rings. The van der Waals surface area contributed by atoms with Crippen LogP contribution in [-0.2, 0) is 0 Å². The van der Waals surface area contributed by atoms with E-state index >= 15 is 0 Å². The number of imidazole rings is 1. The van der Waals surface area contributed by atoms with E-state index in [1.165, 1.54) is 12.1 Å². The van der Waals surface area contributed by atoms with E-state index in [-0.39, 0.29) is 5.43 Å². The highest BCUT2D eigenvalue weighted by Crippen LogP contribution is 2.40. The van der Waals surface area contributed by atoms with Gasteiger partial charge in [0.15, 0.2) is 5.43 Å². The smallest absolute Gasteiger partial charge is 0.182 e. The molecule has 0 atom stereocenters. The molecule has 1 aromatic carbocycles. The molecule has 5 nitrogen and oxygen atoms in total. The van der Waals surface area contributed by atoms with Crippen molar-refractivity contribution in [2.75, 3.05) is 5.73 Å². The first-order valence-electron chi connectivity index (χ1n) is 6.90. The summed E-state index contributed by atoms with van der Waals surface area (Å²) in [6, 6.07) is 10.3. The zero-order valence-corrected chi connectivity index (χ0v) is 11.9. The quantitative estimate of drug-likeness (QED) is 0.416. The Hall–Kier alpha value is -3.08. The minimum atomic E-state index is -0.0933. The van der Waals surface area contributed by atoms with Gasteiger partial charge in [-0.25, -0.2) is 4.98 Å². The molecule has 5 heteroatoms. The molecule has 22 heavy (non-hydrogen) atoms. The molecule has 0 spiro atoms. The van der Waals surface area contributed by atoms with E-state index in [1.54, 1.807) is 18.5 Å². The number of anilines is 1. The van der Waals surface area contributed by atoms with E-state index in [4.69, 9.17) is 10.2 Å². The molecule has 0 saturated carbocycles. The third-order valence-electron chi connectivity index (χ3n) is 3.78. The number of nitrogens with two attached hydrogens (primary N) is 1. The van der Waals surface area contributed by atoms with Crippen LogP contribution in [0.2, 0.25) is 0 Å². The van der Waals surface area contributed by atoms with Crippen LogP contribution in [0.3, 0.4) is 0 Å². The second kappa shape index (κ2) is 4.46. The van der Waals surface area contributed by atoms with Gasteiger partial charge in [-0.2, -0.15) is 0 Å². The lowest BCUT2D eigenvalue weighted by Gasteiger charge is -2.14. The standard InChI is InChI=1S/C17H13N3O2/c1-9-17(20-8-19-9)16-12-4-2-10(18)6-14(12)22-15-7-11(21)3-5-13(15)16/h2-8H,18H2,1H3,(H,19,20). The number of H-pyrrole nitrogens is 1. The number of benzene rings is 2. The summed E-state index contributed by atoms with van der Waals surface area (Å²) >= 11 is 0. The van der Waals surface area contributed by atoms with Gasteiger partial charge >= 0.3 is 0 Å². The second-order valence-electron chi connectivity index (χ2n) is 5.27. The largest absolute Gasteiger partial charge is 0.456 e. The van der Waals surface area contributed by atoms with Crippen LogP contribution in [0, 0.1) is 6.92 Å². The van der Waals surface area contributed by atoms with Crippen LogP contribution in [0.15, 0.2) is 51.9 Å². The van der Waals surface area contributed by atoms with Crippen molar-refractivity contribution in [2.45, 2.75) is 6.92 Å². The van der Waals surface area contributed by atoms with Gasteiger partial charge in [0.25, 0.3) is 0 Å². The van der Waals surface area contributed by atoms with Crippen molar-refractivity contribution in [3.63, 3.8) is 0 Å². The Labute approximate surface area is 125 Å². The fourth-order valence-electron chi connectivity index (χ4n) is 2.75. The zero-order chi connectivity index (χ0) is 15.3. The summed E-state index contributed by atoms with van der Waals surface area (Å²) in [5.41, 5.74) is 10.6. The van der Waals surface area contributed by atoms with E-state index in [2.05, 4.69) is 9.97 Å². The third-order valence-corrected chi connectivity index (χ3v) is 3.78. The molecule has 108 valence electrons. The lowest BCUT2D eigenvalue weighted by molar-refractivity contribution is 0.619. The zero-order valence-electron chi connectivity index (χ0n) is 11.9. The maximum Gasteiger partial charge on any atom is 0.182 e. The first kappa shape index (κ1) is 12.6. The van der Waals surface area contributed by atoms with Gasteiger partial charge < -0.3 is 15.1 Å². The summed E-state index contributed by atoms with van der Waals surface area (Å²) in [5, 5.41) is 0.913.